The lowest BCUT2D eigenvalue weighted by molar-refractivity contribution is 0.213. The summed E-state index contributed by atoms with van der Waals surface area (Å²) in [4.78, 5) is 0. The predicted octanol–water partition coefficient (Wildman–Crippen LogP) is 1.67. The van der Waals surface area contributed by atoms with E-state index in [1.54, 1.807) is 0 Å². The third-order valence-electron chi connectivity index (χ3n) is 6.83. The van der Waals surface area contributed by atoms with Gasteiger partial charge in [-0.2, -0.15) is 10.5 Å². The van der Waals surface area contributed by atoms with Gasteiger partial charge in [-0.15, -0.1) is 10.2 Å². The smallest absolute Gasteiger partial charge is 0.244 e. The highest BCUT2D eigenvalue weighted by Gasteiger charge is 2.56. The number of nitriles is 2. The van der Waals surface area contributed by atoms with Crippen molar-refractivity contribution in [1.82, 2.24) is 20.4 Å². The highest BCUT2D eigenvalue weighted by Crippen LogP contribution is 2.60. The average molecular weight is 404 g/mol. The van der Waals surface area contributed by atoms with Gasteiger partial charge in [-0.1, -0.05) is 0 Å². The quantitative estimate of drug-likeness (QED) is 0.512. The molecule has 0 aromatic carbocycles. The van der Waals surface area contributed by atoms with Crippen LogP contribution < -0.4 is 20.9 Å². The Kier molecular flexibility index (Phi) is 3.50. The van der Waals surface area contributed by atoms with Crippen molar-refractivity contribution < 1.29 is 9.47 Å². The van der Waals surface area contributed by atoms with E-state index in [0.29, 0.717) is 48.6 Å². The van der Waals surface area contributed by atoms with Crippen molar-refractivity contribution in [3.8, 4) is 23.9 Å². The zero-order valence-electron chi connectivity index (χ0n) is 16.6. The maximum Gasteiger partial charge on any atom is 0.244 e. The molecule has 1 saturated carbocycles. The Morgan fingerprint density at radius 2 is 1.17 bits per heavy atom. The SMILES string of the molecule is Cc1[nH]nc2c1C1(CCC3(CC1)C(C#N)=C(N)Oc1n[nH]c(C)c13)C(C#N)=C(N)O2. The number of hydrogen-bond donors (Lipinski definition) is 4. The summed E-state index contributed by atoms with van der Waals surface area (Å²) in [7, 11) is 0. The molecule has 0 radical (unpaired) electrons. The second-order valence-electron chi connectivity index (χ2n) is 8.13. The van der Waals surface area contributed by atoms with E-state index in [2.05, 4.69) is 32.5 Å². The Bertz CT molecular complexity index is 1130. The van der Waals surface area contributed by atoms with Crippen molar-refractivity contribution in [2.75, 3.05) is 0 Å². The first-order chi connectivity index (χ1) is 14.4. The maximum absolute atomic E-state index is 9.93. The normalized spacial score (nSPS) is 27.2. The van der Waals surface area contributed by atoms with Crippen LogP contribution in [0.15, 0.2) is 22.9 Å². The summed E-state index contributed by atoms with van der Waals surface area (Å²) in [6, 6.07) is 4.53. The molecule has 4 heterocycles. The van der Waals surface area contributed by atoms with Gasteiger partial charge in [0, 0.05) is 33.3 Å². The van der Waals surface area contributed by atoms with Gasteiger partial charge in [0.1, 0.15) is 23.3 Å². The maximum atomic E-state index is 9.93. The number of aromatic nitrogens is 4. The first-order valence-corrected chi connectivity index (χ1v) is 9.65. The van der Waals surface area contributed by atoms with Crippen LogP contribution in [0.5, 0.6) is 11.8 Å². The van der Waals surface area contributed by atoms with Crippen LogP contribution in [0, 0.1) is 36.5 Å². The minimum absolute atomic E-state index is 0.0789. The van der Waals surface area contributed by atoms with Crippen molar-refractivity contribution in [3.05, 3.63) is 45.4 Å². The third kappa shape index (κ3) is 2.00. The number of aromatic amines is 2. The lowest BCUT2D eigenvalue weighted by Gasteiger charge is -2.48. The van der Waals surface area contributed by atoms with Crippen LogP contribution in [-0.4, -0.2) is 20.4 Å². The van der Waals surface area contributed by atoms with E-state index in [1.807, 2.05) is 13.8 Å². The predicted molar refractivity (Wildman–Crippen MR) is 103 cm³/mol. The van der Waals surface area contributed by atoms with Crippen LogP contribution in [0.4, 0.5) is 0 Å². The number of hydrogen-bond acceptors (Lipinski definition) is 8. The Morgan fingerprint density at radius 1 is 0.800 bits per heavy atom. The van der Waals surface area contributed by atoms with Gasteiger partial charge in [-0.25, -0.2) is 0 Å². The molecular weight excluding hydrogens is 384 g/mol. The van der Waals surface area contributed by atoms with Gasteiger partial charge < -0.3 is 20.9 Å². The fourth-order valence-corrected chi connectivity index (χ4v) is 5.55. The van der Waals surface area contributed by atoms with Crippen molar-refractivity contribution >= 4 is 0 Å². The van der Waals surface area contributed by atoms with Crippen LogP contribution in [-0.2, 0) is 10.8 Å². The van der Waals surface area contributed by atoms with Crippen LogP contribution >= 0.6 is 0 Å². The van der Waals surface area contributed by atoms with E-state index < -0.39 is 10.8 Å². The molecule has 0 bridgehead atoms. The number of nitrogens with two attached hydrogens (primary N) is 2. The summed E-state index contributed by atoms with van der Waals surface area (Å²) in [6.07, 6.45) is 2.26. The fourth-order valence-electron chi connectivity index (χ4n) is 5.55. The number of nitrogens with one attached hydrogen (secondary N) is 2. The lowest BCUT2D eigenvalue weighted by atomic mass is 9.54. The molecule has 2 aromatic rings. The third-order valence-corrected chi connectivity index (χ3v) is 6.83. The number of H-pyrrole nitrogens is 2. The fraction of sp³-hybridized carbons (Fsp3) is 0.400. The highest BCUT2D eigenvalue weighted by atomic mass is 16.5. The molecule has 10 nitrogen and oxygen atoms in total. The molecule has 6 N–H and O–H groups in total. The number of allylic oxidation sites excluding steroid dienone is 2. The molecule has 5 rings (SSSR count). The summed E-state index contributed by atoms with van der Waals surface area (Å²) in [5.41, 5.74) is 15.1. The minimum atomic E-state index is -0.639. The molecule has 30 heavy (non-hydrogen) atoms. The Hall–Kier alpha value is -3.92. The molecule has 2 spiro atoms. The Labute approximate surface area is 172 Å². The monoisotopic (exact) mass is 404 g/mol. The molecular formula is C20H20N8O2. The second kappa shape index (κ2) is 5.80. The summed E-state index contributed by atoms with van der Waals surface area (Å²) in [5, 5.41) is 34.2. The number of nitrogens with zero attached hydrogens (tertiary/aromatic N) is 4. The Balaban J connectivity index is 1.67. The molecule has 0 unspecified atom stereocenters. The highest BCUT2D eigenvalue weighted by molar-refractivity contribution is 5.58. The molecule has 0 saturated heterocycles. The van der Waals surface area contributed by atoms with Gasteiger partial charge in [-0.05, 0) is 39.5 Å². The van der Waals surface area contributed by atoms with Gasteiger partial charge in [-0.3, -0.25) is 10.2 Å². The summed E-state index contributed by atoms with van der Waals surface area (Å²) in [6.45, 7) is 3.81. The second-order valence-corrected chi connectivity index (χ2v) is 8.13. The van der Waals surface area contributed by atoms with E-state index in [4.69, 9.17) is 20.9 Å². The van der Waals surface area contributed by atoms with Crippen molar-refractivity contribution in [2.45, 2.75) is 50.4 Å². The van der Waals surface area contributed by atoms with Gasteiger partial charge in [0.05, 0.1) is 0 Å². The van der Waals surface area contributed by atoms with Gasteiger partial charge in [0.2, 0.25) is 23.5 Å². The summed E-state index contributed by atoms with van der Waals surface area (Å²) in [5.74, 6) is 0.968. The molecule has 2 aromatic heterocycles. The van der Waals surface area contributed by atoms with Crippen LogP contribution in [0.25, 0.3) is 0 Å². The number of aryl methyl sites for hydroxylation is 2. The van der Waals surface area contributed by atoms with E-state index in [0.717, 1.165) is 22.5 Å². The molecule has 1 fully saturated rings. The summed E-state index contributed by atoms with van der Waals surface area (Å²) >= 11 is 0. The first-order valence-electron chi connectivity index (χ1n) is 9.65. The van der Waals surface area contributed by atoms with Crippen LogP contribution in [0.2, 0.25) is 0 Å². The van der Waals surface area contributed by atoms with E-state index in [-0.39, 0.29) is 11.8 Å². The van der Waals surface area contributed by atoms with E-state index in [1.165, 1.54) is 0 Å². The van der Waals surface area contributed by atoms with Gasteiger partial charge in [0.15, 0.2) is 0 Å². The van der Waals surface area contributed by atoms with Crippen molar-refractivity contribution in [2.24, 2.45) is 11.5 Å². The van der Waals surface area contributed by atoms with E-state index in [9.17, 15) is 10.5 Å². The van der Waals surface area contributed by atoms with Crippen LogP contribution in [0.1, 0.15) is 48.2 Å². The molecule has 1 aliphatic carbocycles. The molecule has 152 valence electrons. The largest absolute Gasteiger partial charge is 0.420 e. The molecule has 0 atom stereocenters. The van der Waals surface area contributed by atoms with E-state index >= 15 is 0 Å². The zero-order valence-corrected chi connectivity index (χ0v) is 16.6. The number of fused-ring (bicyclic) bond motifs is 4. The van der Waals surface area contributed by atoms with Gasteiger partial charge >= 0.3 is 0 Å². The summed E-state index contributed by atoms with van der Waals surface area (Å²) < 4.78 is 11.2. The standard InChI is InChI=1S/C20H20N8O2/c1-9-13-17(27-25-9)29-15(23)11(7-21)19(13)3-5-20(6-4-19)12(8-22)16(24)30-18-14(20)10(2)26-28-18/h3-6,23-24H2,1-2H3,(H,25,27)(H,26,28). The Morgan fingerprint density at radius 3 is 1.50 bits per heavy atom. The number of rotatable bonds is 0. The molecule has 2 aliphatic heterocycles. The molecule has 10 heteroatoms. The first kappa shape index (κ1) is 18.1. The zero-order chi connectivity index (χ0) is 21.3. The van der Waals surface area contributed by atoms with Gasteiger partial charge in [0.25, 0.3) is 0 Å². The lowest BCUT2D eigenvalue weighted by Crippen LogP contribution is -2.46. The topological polar surface area (TPSA) is 175 Å². The van der Waals surface area contributed by atoms with Crippen LogP contribution in [0.3, 0.4) is 0 Å². The van der Waals surface area contributed by atoms with Crippen molar-refractivity contribution in [3.63, 3.8) is 0 Å². The minimum Gasteiger partial charge on any atom is -0.420 e. The van der Waals surface area contributed by atoms with Crippen molar-refractivity contribution in [1.29, 1.82) is 10.5 Å². The molecule has 0 amide bonds. The molecule has 3 aliphatic rings. The number of ether oxygens (including phenoxy) is 2. The average Bonchev–Trinajstić information content (AvgIpc) is 3.27.